The fourth-order valence-electron chi connectivity index (χ4n) is 3.62. The lowest BCUT2D eigenvalue weighted by molar-refractivity contribution is -0.140. The minimum atomic E-state index is -0.905. The molecule has 1 atom stereocenters. The van der Waals surface area contributed by atoms with E-state index in [4.69, 9.17) is 9.15 Å². The second-order valence-corrected chi connectivity index (χ2v) is 7.18. The first-order valence-corrected chi connectivity index (χ1v) is 9.90. The van der Waals surface area contributed by atoms with Crippen LogP contribution in [0.4, 0.5) is 4.39 Å². The summed E-state index contributed by atoms with van der Waals surface area (Å²) in [5, 5.41) is 11.0. The molecule has 2 aromatic carbocycles. The van der Waals surface area contributed by atoms with Crippen LogP contribution >= 0.6 is 0 Å². The number of hydrogen-bond donors (Lipinski definition) is 1. The lowest BCUT2D eigenvalue weighted by Crippen LogP contribution is -2.29. The number of ether oxygens (including phenoxy) is 1. The SMILES string of the molecule is C=CCOc1ccc(/C(O)=C2\C(=O)C(=O)N(Cc3ccco3)C2c2ccc(F)cc2)cc1. The van der Waals surface area contributed by atoms with Crippen molar-refractivity contribution < 1.29 is 28.2 Å². The largest absolute Gasteiger partial charge is 0.507 e. The number of rotatable bonds is 7. The predicted octanol–water partition coefficient (Wildman–Crippen LogP) is 4.61. The summed E-state index contributed by atoms with van der Waals surface area (Å²) in [6.45, 7) is 3.93. The number of carbonyl (C=O) groups is 2. The Kier molecular flexibility index (Phi) is 5.89. The molecule has 1 fully saturated rings. The van der Waals surface area contributed by atoms with E-state index in [0.29, 0.717) is 29.2 Å². The molecular weight excluding hydrogens is 413 g/mol. The summed E-state index contributed by atoms with van der Waals surface area (Å²) < 4.78 is 24.3. The van der Waals surface area contributed by atoms with Gasteiger partial charge >= 0.3 is 0 Å². The number of likely N-dealkylation sites (tertiary alicyclic amines) is 1. The molecule has 1 N–H and O–H groups in total. The molecule has 0 spiro atoms. The summed E-state index contributed by atoms with van der Waals surface area (Å²) in [5.74, 6) is -1.34. The first-order chi connectivity index (χ1) is 15.5. The second kappa shape index (κ2) is 8.93. The lowest BCUT2D eigenvalue weighted by atomic mass is 9.95. The summed E-state index contributed by atoms with van der Waals surface area (Å²) in [4.78, 5) is 27.2. The molecule has 0 bridgehead atoms. The zero-order chi connectivity index (χ0) is 22.7. The maximum absolute atomic E-state index is 13.5. The van der Waals surface area contributed by atoms with E-state index in [0.717, 1.165) is 0 Å². The second-order valence-electron chi connectivity index (χ2n) is 7.18. The molecule has 0 radical (unpaired) electrons. The van der Waals surface area contributed by atoms with Crippen LogP contribution in [0.5, 0.6) is 5.75 Å². The van der Waals surface area contributed by atoms with Gasteiger partial charge in [-0.2, -0.15) is 0 Å². The van der Waals surface area contributed by atoms with Crippen molar-refractivity contribution in [3.8, 4) is 5.75 Å². The van der Waals surface area contributed by atoms with Gasteiger partial charge in [0.25, 0.3) is 11.7 Å². The number of hydrogen-bond acceptors (Lipinski definition) is 5. The molecule has 2 heterocycles. The fourth-order valence-corrected chi connectivity index (χ4v) is 3.62. The van der Waals surface area contributed by atoms with Crippen LogP contribution in [0.3, 0.4) is 0 Å². The minimum Gasteiger partial charge on any atom is -0.507 e. The highest BCUT2D eigenvalue weighted by Crippen LogP contribution is 2.40. The number of furan rings is 1. The van der Waals surface area contributed by atoms with E-state index in [9.17, 15) is 19.1 Å². The van der Waals surface area contributed by atoms with Gasteiger partial charge in [-0.15, -0.1) is 0 Å². The van der Waals surface area contributed by atoms with Crippen molar-refractivity contribution in [2.45, 2.75) is 12.6 Å². The van der Waals surface area contributed by atoms with Crippen LogP contribution in [-0.2, 0) is 16.1 Å². The van der Waals surface area contributed by atoms with Crippen LogP contribution < -0.4 is 4.74 Å². The maximum Gasteiger partial charge on any atom is 0.296 e. The van der Waals surface area contributed by atoms with Gasteiger partial charge in [-0.1, -0.05) is 24.8 Å². The Morgan fingerprint density at radius 1 is 1.12 bits per heavy atom. The molecule has 7 heteroatoms. The monoisotopic (exact) mass is 433 g/mol. The minimum absolute atomic E-state index is 0.0186. The van der Waals surface area contributed by atoms with E-state index in [1.54, 1.807) is 42.5 Å². The average Bonchev–Trinajstić information content (AvgIpc) is 3.41. The van der Waals surface area contributed by atoms with Crippen LogP contribution in [0.25, 0.3) is 5.76 Å². The van der Waals surface area contributed by atoms with E-state index in [-0.39, 0.29) is 17.9 Å². The first kappa shape index (κ1) is 21.1. The van der Waals surface area contributed by atoms with Gasteiger partial charge in [0, 0.05) is 5.56 Å². The van der Waals surface area contributed by atoms with Gasteiger partial charge in [0.2, 0.25) is 0 Å². The molecule has 0 aliphatic carbocycles. The third kappa shape index (κ3) is 4.05. The standard InChI is InChI=1S/C25H20FNO5/c1-2-13-31-19-11-7-17(8-12-19)23(28)21-22(16-5-9-18(26)10-6-16)27(25(30)24(21)29)15-20-4-3-14-32-20/h2-12,14,22,28H,1,13,15H2/b23-21+. The van der Waals surface area contributed by atoms with Crippen molar-refractivity contribution in [1.29, 1.82) is 0 Å². The van der Waals surface area contributed by atoms with E-state index in [2.05, 4.69) is 6.58 Å². The van der Waals surface area contributed by atoms with E-state index < -0.39 is 23.5 Å². The quantitative estimate of drug-likeness (QED) is 0.255. The molecule has 4 rings (SSSR count). The Morgan fingerprint density at radius 2 is 1.84 bits per heavy atom. The number of aliphatic hydroxyl groups excluding tert-OH is 1. The Morgan fingerprint density at radius 3 is 2.47 bits per heavy atom. The Hall–Kier alpha value is -4.13. The molecule has 1 aliphatic heterocycles. The molecule has 1 amide bonds. The van der Waals surface area contributed by atoms with Gasteiger partial charge < -0.3 is 19.2 Å². The highest BCUT2D eigenvalue weighted by molar-refractivity contribution is 6.46. The van der Waals surface area contributed by atoms with E-state index in [1.165, 1.54) is 35.4 Å². The third-order valence-electron chi connectivity index (χ3n) is 5.13. The van der Waals surface area contributed by atoms with Crippen molar-refractivity contribution in [3.63, 3.8) is 0 Å². The summed E-state index contributed by atoms with van der Waals surface area (Å²) in [6.07, 6.45) is 3.08. The summed E-state index contributed by atoms with van der Waals surface area (Å²) in [5.41, 5.74) is 0.761. The molecule has 3 aromatic rings. The molecule has 32 heavy (non-hydrogen) atoms. The van der Waals surface area contributed by atoms with Crippen molar-refractivity contribution in [3.05, 3.63) is 108 Å². The Balaban J connectivity index is 1.78. The van der Waals surface area contributed by atoms with Gasteiger partial charge in [-0.3, -0.25) is 9.59 Å². The molecule has 6 nitrogen and oxygen atoms in total. The maximum atomic E-state index is 13.5. The number of amides is 1. The molecule has 1 saturated heterocycles. The lowest BCUT2D eigenvalue weighted by Gasteiger charge is -2.24. The smallest absolute Gasteiger partial charge is 0.296 e. The van der Waals surface area contributed by atoms with Gasteiger partial charge in [0.05, 0.1) is 24.4 Å². The molecule has 0 saturated carbocycles. The van der Waals surface area contributed by atoms with Crippen LogP contribution in [0.2, 0.25) is 0 Å². The highest BCUT2D eigenvalue weighted by atomic mass is 19.1. The van der Waals surface area contributed by atoms with Crippen LogP contribution in [0.15, 0.2) is 89.6 Å². The number of carbonyl (C=O) groups excluding carboxylic acids is 2. The van der Waals surface area contributed by atoms with Gasteiger partial charge in [-0.25, -0.2) is 4.39 Å². The zero-order valence-electron chi connectivity index (χ0n) is 17.0. The summed E-state index contributed by atoms with van der Waals surface area (Å²) in [6, 6.07) is 14.4. The number of benzene rings is 2. The third-order valence-corrected chi connectivity index (χ3v) is 5.13. The number of aliphatic hydroxyl groups is 1. The van der Waals surface area contributed by atoms with Crippen molar-refractivity contribution in [2.75, 3.05) is 6.61 Å². The summed E-state index contributed by atoms with van der Waals surface area (Å²) >= 11 is 0. The van der Waals surface area contributed by atoms with Gasteiger partial charge in [-0.05, 0) is 54.1 Å². The first-order valence-electron chi connectivity index (χ1n) is 9.90. The molecule has 162 valence electrons. The van der Waals surface area contributed by atoms with E-state index in [1.807, 2.05) is 0 Å². The fraction of sp³-hybridized carbons (Fsp3) is 0.120. The number of ketones is 1. The average molecular weight is 433 g/mol. The summed E-state index contributed by atoms with van der Waals surface area (Å²) in [7, 11) is 0. The molecular formula is C25H20FNO5. The number of halogens is 1. The Labute approximate surface area is 183 Å². The number of Topliss-reactive ketones (excluding diaryl/α,β-unsaturated/α-hetero) is 1. The van der Waals surface area contributed by atoms with Gasteiger partial charge in [0.15, 0.2) is 0 Å². The predicted molar refractivity (Wildman–Crippen MR) is 115 cm³/mol. The Bertz CT molecular complexity index is 1160. The molecule has 1 unspecified atom stereocenters. The normalized spacial score (nSPS) is 17.5. The molecule has 1 aliphatic rings. The van der Waals surface area contributed by atoms with Crippen molar-refractivity contribution in [2.24, 2.45) is 0 Å². The van der Waals surface area contributed by atoms with Crippen LogP contribution in [0.1, 0.15) is 22.9 Å². The van der Waals surface area contributed by atoms with Crippen LogP contribution in [0, 0.1) is 5.82 Å². The van der Waals surface area contributed by atoms with Crippen molar-refractivity contribution in [1.82, 2.24) is 4.90 Å². The molecule has 1 aromatic heterocycles. The highest BCUT2D eigenvalue weighted by Gasteiger charge is 2.46. The van der Waals surface area contributed by atoms with Crippen LogP contribution in [-0.4, -0.2) is 28.3 Å². The number of nitrogens with zero attached hydrogens (tertiary/aromatic N) is 1. The zero-order valence-corrected chi connectivity index (χ0v) is 17.0. The van der Waals surface area contributed by atoms with Gasteiger partial charge in [0.1, 0.15) is 29.7 Å². The van der Waals surface area contributed by atoms with Crippen molar-refractivity contribution >= 4 is 17.4 Å². The van der Waals surface area contributed by atoms with E-state index >= 15 is 0 Å². The topological polar surface area (TPSA) is 80.0 Å².